The van der Waals surface area contributed by atoms with E-state index >= 15 is 0 Å². The number of anilines is 2. The molecule has 0 radical (unpaired) electrons. The van der Waals surface area contributed by atoms with Gasteiger partial charge < -0.3 is 16.0 Å². The van der Waals surface area contributed by atoms with Gasteiger partial charge in [-0.05, 0) is 12.1 Å². The summed E-state index contributed by atoms with van der Waals surface area (Å²) in [6, 6.07) is 10.5. The minimum Gasteiger partial charge on any atom is -0.382 e. The van der Waals surface area contributed by atoms with Crippen LogP contribution in [0.3, 0.4) is 0 Å². The molecule has 20 heavy (non-hydrogen) atoms. The Labute approximate surface area is 115 Å². The summed E-state index contributed by atoms with van der Waals surface area (Å²) in [6.07, 6.45) is 0. The van der Waals surface area contributed by atoms with Crippen LogP contribution in [0.2, 0.25) is 0 Å². The van der Waals surface area contributed by atoms with Crippen LogP contribution in [0.15, 0.2) is 36.4 Å². The van der Waals surface area contributed by atoms with Crippen molar-refractivity contribution in [3.63, 3.8) is 0 Å². The summed E-state index contributed by atoms with van der Waals surface area (Å²) < 4.78 is 0. The van der Waals surface area contributed by atoms with Crippen molar-refractivity contribution < 1.29 is 9.59 Å². The van der Waals surface area contributed by atoms with Gasteiger partial charge in [0.05, 0.1) is 6.54 Å². The van der Waals surface area contributed by atoms with Gasteiger partial charge in [-0.25, -0.2) is 0 Å². The molecule has 7 heteroatoms. The lowest BCUT2D eigenvalue weighted by Gasteiger charge is -2.15. The Morgan fingerprint density at radius 3 is 2.65 bits per heavy atom. The average Bonchev–Trinajstić information content (AvgIpc) is 2.85. The van der Waals surface area contributed by atoms with Crippen molar-refractivity contribution in [3.8, 4) is 0 Å². The Morgan fingerprint density at radius 1 is 1.35 bits per heavy atom. The first-order chi connectivity index (χ1) is 9.56. The second-order valence-electron chi connectivity index (χ2n) is 4.28. The molecule has 2 rings (SSSR count). The van der Waals surface area contributed by atoms with E-state index in [1.807, 2.05) is 18.2 Å². The highest BCUT2D eigenvalue weighted by molar-refractivity contribution is 5.98. The fourth-order valence-corrected chi connectivity index (χ4v) is 1.66. The molecule has 1 aromatic carbocycles. The third-order valence-corrected chi connectivity index (χ3v) is 2.61. The van der Waals surface area contributed by atoms with Crippen LogP contribution in [0.25, 0.3) is 0 Å². The highest BCUT2D eigenvalue weighted by atomic mass is 16.2. The Kier molecular flexibility index (Phi) is 3.99. The molecule has 0 unspecified atom stereocenters. The van der Waals surface area contributed by atoms with E-state index in [2.05, 4.69) is 15.5 Å². The Balaban J connectivity index is 1.92. The molecule has 7 nitrogen and oxygen atoms in total. The largest absolute Gasteiger partial charge is 0.382 e. The lowest BCUT2D eigenvalue weighted by atomic mass is 10.3. The fraction of sp³-hybridized carbons (Fsp3) is 0.154. The van der Waals surface area contributed by atoms with E-state index in [0.29, 0.717) is 5.69 Å². The van der Waals surface area contributed by atoms with E-state index in [1.54, 1.807) is 12.1 Å². The number of hydrogen-bond acceptors (Lipinski definition) is 4. The zero-order chi connectivity index (χ0) is 14.5. The predicted molar refractivity (Wildman–Crippen MR) is 75.0 cm³/mol. The van der Waals surface area contributed by atoms with Crippen molar-refractivity contribution in [3.05, 3.63) is 42.1 Å². The monoisotopic (exact) mass is 273 g/mol. The van der Waals surface area contributed by atoms with Crippen molar-refractivity contribution in [2.24, 2.45) is 0 Å². The number of amides is 2. The van der Waals surface area contributed by atoms with Crippen LogP contribution >= 0.6 is 0 Å². The first-order valence-corrected chi connectivity index (χ1v) is 5.97. The van der Waals surface area contributed by atoms with Gasteiger partial charge in [-0.3, -0.25) is 14.7 Å². The number of nitrogens with one attached hydrogen (secondary N) is 2. The van der Waals surface area contributed by atoms with Crippen LogP contribution in [-0.4, -0.2) is 40.5 Å². The molecule has 2 amide bonds. The van der Waals surface area contributed by atoms with Crippen LogP contribution in [0.4, 0.5) is 11.5 Å². The maximum Gasteiger partial charge on any atom is 0.272 e. The number of aromatic nitrogens is 2. The smallest absolute Gasteiger partial charge is 0.272 e. The van der Waals surface area contributed by atoms with E-state index in [4.69, 9.17) is 5.73 Å². The number of aromatic amines is 1. The lowest BCUT2D eigenvalue weighted by Crippen LogP contribution is -2.35. The highest BCUT2D eigenvalue weighted by Crippen LogP contribution is 2.06. The van der Waals surface area contributed by atoms with E-state index < -0.39 is 0 Å². The van der Waals surface area contributed by atoms with Gasteiger partial charge in [-0.1, -0.05) is 18.2 Å². The quantitative estimate of drug-likeness (QED) is 0.762. The molecule has 104 valence electrons. The number of benzene rings is 1. The SMILES string of the molecule is CN(CC(=O)Nc1ccccc1)C(=O)c1cc(N)n[nH]1. The molecule has 1 aromatic heterocycles. The summed E-state index contributed by atoms with van der Waals surface area (Å²) in [5, 5.41) is 8.88. The number of rotatable bonds is 4. The fourth-order valence-electron chi connectivity index (χ4n) is 1.66. The standard InChI is InChI=1S/C13H15N5O2/c1-18(13(20)10-7-11(14)17-16-10)8-12(19)15-9-5-3-2-4-6-9/h2-7H,8H2,1H3,(H,15,19)(H3,14,16,17). The van der Waals surface area contributed by atoms with Crippen molar-refractivity contribution in [2.75, 3.05) is 24.6 Å². The third kappa shape index (κ3) is 3.35. The topological polar surface area (TPSA) is 104 Å². The summed E-state index contributed by atoms with van der Waals surface area (Å²) in [5.41, 5.74) is 6.36. The average molecular weight is 273 g/mol. The van der Waals surface area contributed by atoms with Crippen molar-refractivity contribution in [1.82, 2.24) is 15.1 Å². The molecule has 1 heterocycles. The van der Waals surface area contributed by atoms with Crippen LogP contribution in [-0.2, 0) is 4.79 Å². The summed E-state index contributed by atoms with van der Waals surface area (Å²) in [5.74, 6) is -0.396. The number of nitrogens with zero attached hydrogens (tertiary/aromatic N) is 2. The normalized spacial score (nSPS) is 10.1. The maximum atomic E-state index is 12.0. The van der Waals surface area contributed by atoms with Crippen LogP contribution in [0.5, 0.6) is 0 Å². The van der Waals surface area contributed by atoms with Crippen LogP contribution < -0.4 is 11.1 Å². The number of carbonyl (C=O) groups is 2. The highest BCUT2D eigenvalue weighted by Gasteiger charge is 2.16. The van der Waals surface area contributed by atoms with E-state index in [0.717, 1.165) is 0 Å². The molecular formula is C13H15N5O2. The second kappa shape index (κ2) is 5.87. The number of carbonyl (C=O) groups excluding carboxylic acids is 2. The Morgan fingerprint density at radius 2 is 2.05 bits per heavy atom. The molecule has 0 aliphatic heterocycles. The second-order valence-corrected chi connectivity index (χ2v) is 4.28. The number of H-pyrrole nitrogens is 1. The minimum atomic E-state index is -0.350. The first-order valence-electron chi connectivity index (χ1n) is 5.97. The predicted octanol–water partition coefficient (Wildman–Crippen LogP) is 0.703. The summed E-state index contributed by atoms with van der Waals surface area (Å²) in [7, 11) is 1.53. The molecule has 0 saturated carbocycles. The van der Waals surface area contributed by atoms with E-state index in [9.17, 15) is 9.59 Å². The molecule has 0 bridgehead atoms. The van der Waals surface area contributed by atoms with Gasteiger partial charge in [0.15, 0.2) is 0 Å². The molecule has 0 atom stereocenters. The molecule has 0 fully saturated rings. The lowest BCUT2D eigenvalue weighted by molar-refractivity contribution is -0.116. The zero-order valence-electron chi connectivity index (χ0n) is 11.0. The van der Waals surface area contributed by atoms with Crippen molar-refractivity contribution in [1.29, 1.82) is 0 Å². The zero-order valence-corrected chi connectivity index (χ0v) is 11.0. The number of likely N-dealkylation sites (N-methyl/N-ethyl adjacent to an activating group) is 1. The van der Waals surface area contributed by atoms with Crippen LogP contribution in [0.1, 0.15) is 10.5 Å². The minimum absolute atomic E-state index is 0.0628. The number of nitrogen functional groups attached to an aromatic ring is 1. The summed E-state index contributed by atoms with van der Waals surface area (Å²) >= 11 is 0. The maximum absolute atomic E-state index is 12.0. The van der Waals surface area contributed by atoms with Gasteiger partial charge >= 0.3 is 0 Å². The molecule has 0 saturated heterocycles. The molecule has 0 spiro atoms. The van der Waals surface area contributed by atoms with Gasteiger partial charge in [0, 0.05) is 18.8 Å². The third-order valence-electron chi connectivity index (χ3n) is 2.61. The van der Waals surface area contributed by atoms with Crippen LogP contribution in [0, 0.1) is 0 Å². The molecule has 0 aliphatic carbocycles. The van der Waals surface area contributed by atoms with Crippen molar-refractivity contribution in [2.45, 2.75) is 0 Å². The van der Waals surface area contributed by atoms with Gasteiger partial charge in [-0.2, -0.15) is 5.10 Å². The molecule has 4 N–H and O–H groups in total. The molecular weight excluding hydrogens is 258 g/mol. The first kappa shape index (κ1) is 13.6. The van der Waals surface area contributed by atoms with Gasteiger partial charge in [0.25, 0.3) is 5.91 Å². The molecule has 0 aliphatic rings. The van der Waals surface area contributed by atoms with E-state index in [1.165, 1.54) is 18.0 Å². The van der Waals surface area contributed by atoms with Crippen molar-refractivity contribution >= 4 is 23.3 Å². The molecule has 2 aromatic rings. The Bertz CT molecular complexity index is 608. The Hall–Kier alpha value is -2.83. The number of hydrogen-bond donors (Lipinski definition) is 3. The summed E-state index contributed by atoms with van der Waals surface area (Å²) in [4.78, 5) is 25.1. The number of para-hydroxylation sites is 1. The van der Waals surface area contributed by atoms with Gasteiger partial charge in [-0.15, -0.1) is 0 Å². The van der Waals surface area contributed by atoms with Gasteiger partial charge in [0.1, 0.15) is 11.5 Å². The number of nitrogens with two attached hydrogens (primary N) is 1. The van der Waals surface area contributed by atoms with E-state index in [-0.39, 0.29) is 29.9 Å². The summed E-state index contributed by atoms with van der Waals surface area (Å²) in [6.45, 7) is -0.0628. The van der Waals surface area contributed by atoms with Gasteiger partial charge in [0.2, 0.25) is 5.91 Å².